The number of aromatic nitrogens is 4. The molecule has 9 nitrogen and oxygen atoms in total. The van der Waals surface area contributed by atoms with Gasteiger partial charge < -0.3 is 10.4 Å². The van der Waals surface area contributed by atoms with Crippen molar-refractivity contribution in [2.75, 3.05) is 18.4 Å². The SMILES string of the molecule is O=S(=O)(NCCCNc1nccc(-c2c(-c3cccc(O)c3)nc3sccn23)n1)c1ccccc1. The van der Waals surface area contributed by atoms with Crippen molar-refractivity contribution >= 4 is 32.3 Å². The molecular formula is C24H22N6O3S2. The summed E-state index contributed by atoms with van der Waals surface area (Å²) in [6.07, 6.45) is 4.15. The number of imidazole rings is 1. The number of sulfonamides is 1. The van der Waals surface area contributed by atoms with Crippen LogP contribution in [0.3, 0.4) is 0 Å². The summed E-state index contributed by atoms with van der Waals surface area (Å²) in [6.45, 7) is 0.768. The number of nitrogens with one attached hydrogen (secondary N) is 2. The maximum absolute atomic E-state index is 12.3. The average Bonchev–Trinajstić information content (AvgIpc) is 3.46. The summed E-state index contributed by atoms with van der Waals surface area (Å²) in [4.78, 5) is 14.8. The molecule has 0 aliphatic rings. The lowest BCUT2D eigenvalue weighted by Crippen LogP contribution is -2.26. The lowest BCUT2D eigenvalue weighted by Gasteiger charge is -2.09. The first kappa shape index (κ1) is 23.0. The molecule has 0 amide bonds. The van der Waals surface area contributed by atoms with E-state index < -0.39 is 10.0 Å². The number of hydrogen-bond acceptors (Lipinski definition) is 8. The van der Waals surface area contributed by atoms with Crippen LogP contribution in [0.2, 0.25) is 0 Å². The largest absolute Gasteiger partial charge is 0.508 e. The Labute approximate surface area is 206 Å². The van der Waals surface area contributed by atoms with E-state index in [9.17, 15) is 13.5 Å². The fourth-order valence-corrected chi connectivity index (χ4v) is 5.45. The molecule has 178 valence electrons. The van der Waals surface area contributed by atoms with E-state index in [-0.39, 0.29) is 17.2 Å². The minimum atomic E-state index is -3.53. The Bertz CT molecular complexity index is 1560. The molecule has 35 heavy (non-hydrogen) atoms. The maximum Gasteiger partial charge on any atom is 0.240 e. The van der Waals surface area contributed by atoms with Gasteiger partial charge in [-0.1, -0.05) is 30.3 Å². The zero-order chi connectivity index (χ0) is 24.3. The van der Waals surface area contributed by atoms with E-state index in [2.05, 4.69) is 20.0 Å². The van der Waals surface area contributed by atoms with Gasteiger partial charge in [0.2, 0.25) is 16.0 Å². The van der Waals surface area contributed by atoms with Gasteiger partial charge >= 0.3 is 0 Å². The van der Waals surface area contributed by atoms with Crippen LogP contribution in [0.1, 0.15) is 6.42 Å². The van der Waals surface area contributed by atoms with Gasteiger partial charge in [0.1, 0.15) is 11.4 Å². The van der Waals surface area contributed by atoms with Gasteiger partial charge in [-0.05, 0) is 36.8 Å². The molecule has 0 fully saturated rings. The summed E-state index contributed by atoms with van der Waals surface area (Å²) in [5, 5.41) is 15.1. The highest BCUT2D eigenvalue weighted by atomic mass is 32.2. The third-order valence-electron chi connectivity index (χ3n) is 5.26. The number of aromatic hydroxyl groups is 1. The molecule has 0 saturated carbocycles. The Hall–Kier alpha value is -3.80. The Morgan fingerprint density at radius 3 is 2.69 bits per heavy atom. The summed E-state index contributed by atoms with van der Waals surface area (Å²) in [5.74, 6) is 0.596. The van der Waals surface area contributed by atoms with Gasteiger partial charge in [0.25, 0.3) is 0 Å². The molecule has 3 heterocycles. The lowest BCUT2D eigenvalue weighted by atomic mass is 10.1. The zero-order valence-corrected chi connectivity index (χ0v) is 20.1. The van der Waals surface area contributed by atoms with Gasteiger partial charge in [-0.2, -0.15) is 0 Å². The molecule has 0 saturated heterocycles. The van der Waals surface area contributed by atoms with Gasteiger partial charge in [-0.3, -0.25) is 4.40 Å². The van der Waals surface area contributed by atoms with Gasteiger partial charge in [-0.15, -0.1) is 11.3 Å². The second kappa shape index (κ2) is 9.82. The molecule has 2 aromatic carbocycles. The second-order valence-corrected chi connectivity index (χ2v) is 10.3. The van der Waals surface area contributed by atoms with Gasteiger partial charge in [0.05, 0.1) is 16.3 Å². The zero-order valence-electron chi connectivity index (χ0n) is 18.5. The van der Waals surface area contributed by atoms with Crippen LogP contribution in [0.5, 0.6) is 5.75 Å². The minimum Gasteiger partial charge on any atom is -0.508 e. The number of phenols is 1. The molecule has 0 radical (unpaired) electrons. The maximum atomic E-state index is 12.3. The molecule has 3 N–H and O–H groups in total. The normalized spacial score (nSPS) is 11.7. The average molecular weight is 507 g/mol. The van der Waals surface area contributed by atoms with E-state index in [1.807, 2.05) is 28.1 Å². The highest BCUT2D eigenvalue weighted by Crippen LogP contribution is 2.34. The van der Waals surface area contributed by atoms with E-state index in [4.69, 9.17) is 4.98 Å². The number of nitrogens with zero attached hydrogens (tertiary/aromatic N) is 4. The molecule has 0 bridgehead atoms. The van der Waals surface area contributed by atoms with Gasteiger partial charge in [0, 0.05) is 36.4 Å². The van der Waals surface area contributed by atoms with Crippen molar-refractivity contribution in [3.8, 4) is 28.4 Å². The fraction of sp³-hybridized carbons (Fsp3) is 0.125. The molecule has 0 aliphatic carbocycles. The highest BCUT2D eigenvalue weighted by molar-refractivity contribution is 7.89. The number of anilines is 1. The Morgan fingerprint density at radius 2 is 1.86 bits per heavy atom. The van der Waals surface area contributed by atoms with Crippen molar-refractivity contribution in [2.45, 2.75) is 11.3 Å². The van der Waals surface area contributed by atoms with Crippen molar-refractivity contribution in [1.29, 1.82) is 0 Å². The number of fused-ring (bicyclic) bond motifs is 1. The predicted octanol–water partition coefficient (Wildman–Crippen LogP) is 4.01. The van der Waals surface area contributed by atoms with Crippen LogP contribution in [0, 0.1) is 0 Å². The standard InChI is InChI=1S/C24H22N6O3S2/c31-18-7-4-6-17(16-18)21-22(30-14-15-34-24(30)29-21)20-10-13-26-23(28-20)25-11-5-12-27-35(32,33)19-8-2-1-3-9-19/h1-4,6-10,13-16,27,31H,5,11-12H2,(H,25,26,28). The minimum absolute atomic E-state index is 0.165. The molecule has 3 aromatic heterocycles. The highest BCUT2D eigenvalue weighted by Gasteiger charge is 2.19. The quantitative estimate of drug-likeness (QED) is 0.258. The number of benzene rings is 2. The van der Waals surface area contributed by atoms with Gasteiger partial charge in [0.15, 0.2) is 4.96 Å². The van der Waals surface area contributed by atoms with Crippen molar-refractivity contribution in [3.05, 3.63) is 78.4 Å². The first-order valence-electron chi connectivity index (χ1n) is 10.9. The van der Waals surface area contributed by atoms with E-state index in [1.54, 1.807) is 54.7 Å². The van der Waals surface area contributed by atoms with E-state index in [1.165, 1.54) is 11.3 Å². The first-order valence-corrected chi connectivity index (χ1v) is 13.2. The summed E-state index contributed by atoms with van der Waals surface area (Å²) in [6, 6.07) is 17.1. The van der Waals surface area contributed by atoms with Crippen LogP contribution in [0.4, 0.5) is 5.95 Å². The molecule has 0 atom stereocenters. The molecule has 5 aromatic rings. The van der Waals surface area contributed by atoms with Crippen LogP contribution in [-0.4, -0.2) is 46.0 Å². The Kier molecular flexibility index (Phi) is 6.45. The summed E-state index contributed by atoms with van der Waals surface area (Å²) < 4.78 is 29.2. The van der Waals surface area contributed by atoms with Crippen LogP contribution in [0.15, 0.2) is 83.3 Å². The van der Waals surface area contributed by atoms with E-state index in [0.29, 0.717) is 30.3 Å². The number of hydrogen-bond donors (Lipinski definition) is 3. The van der Waals surface area contributed by atoms with Crippen LogP contribution >= 0.6 is 11.3 Å². The van der Waals surface area contributed by atoms with Crippen LogP contribution in [-0.2, 0) is 10.0 Å². The number of thiazole rings is 1. The molecule has 0 unspecified atom stereocenters. The summed E-state index contributed by atoms with van der Waals surface area (Å²) in [5.41, 5.74) is 2.98. The summed E-state index contributed by atoms with van der Waals surface area (Å²) >= 11 is 1.51. The molecular weight excluding hydrogens is 484 g/mol. The monoisotopic (exact) mass is 506 g/mol. The summed E-state index contributed by atoms with van der Waals surface area (Å²) in [7, 11) is -3.53. The Morgan fingerprint density at radius 1 is 1.00 bits per heavy atom. The molecule has 0 aliphatic heterocycles. The van der Waals surface area contributed by atoms with Gasteiger partial charge in [-0.25, -0.2) is 28.1 Å². The lowest BCUT2D eigenvalue weighted by molar-refractivity contribution is 0.475. The van der Waals surface area contributed by atoms with Crippen LogP contribution in [0.25, 0.3) is 27.6 Å². The van der Waals surface area contributed by atoms with Crippen molar-refractivity contribution in [2.24, 2.45) is 0 Å². The first-order chi connectivity index (χ1) is 17.0. The van der Waals surface area contributed by atoms with Crippen molar-refractivity contribution < 1.29 is 13.5 Å². The number of rotatable bonds is 9. The third kappa shape index (κ3) is 5.02. The van der Waals surface area contributed by atoms with Crippen molar-refractivity contribution in [3.63, 3.8) is 0 Å². The fourth-order valence-electron chi connectivity index (χ4n) is 3.64. The van der Waals surface area contributed by atoms with Crippen LogP contribution < -0.4 is 10.0 Å². The van der Waals surface area contributed by atoms with E-state index >= 15 is 0 Å². The smallest absolute Gasteiger partial charge is 0.240 e. The number of phenolic OH excluding ortho intramolecular Hbond substituents is 1. The van der Waals surface area contributed by atoms with Crippen molar-refractivity contribution in [1.82, 2.24) is 24.1 Å². The second-order valence-electron chi connectivity index (χ2n) is 7.67. The molecule has 5 rings (SSSR count). The molecule has 11 heteroatoms. The molecule has 0 spiro atoms. The predicted molar refractivity (Wildman–Crippen MR) is 136 cm³/mol. The van der Waals surface area contributed by atoms with E-state index in [0.717, 1.165) is 16.2 Å². The topological polar surface area (TPSA) is 122 Å². The third-order valence-corrected chi connectivity index (χ3v) is 7.50. The Balaban J connectivity index is 1.30.